The lowest BCUT2D eigenvalue weighted by Crippen LogP contribution is -2.40. The van der Waals surface area contributed by atoms with Crippen LogP contribution in [0.2, 0.25) is 0 Å². The number of nitrogens with one attached hydrogen (secondary N) is 1. The molecule has 0 radical (unpaired) electrons. The van der Waals surface area contributed by atoms with E-state index < -0.39 is 5.91 Å². The SMILES string of the molecule is O=C(NCC1COc2ccccc2O1)c1ccc2c(c1)C(=O)N(Cc1ccncc1)C2=O. The third-order valence-corrected chi connectivity index (χ3v) is 5.38. The van der Waals surface area contributed by atoms with Crippen LogP contribution in [0.5, 0.6) is 11.5 Å². The zero-order chi connectivity index (χ0) is 22.1. The van der Waals surface area contributed by atoms with E-state index in [0.717, 1.165) is 5.56 Å². The van der Waals surface area contributed by atoms with Crippen LogP contribution in [0.1, 0.15) is 36.6 Å². The average Bonchev–Trinajstić information content (AvgIpc) is 3.07. The number of hydrogen-bond acceptors (Lipinski definition) is 6. The van der Waals surface area contributed by atoms with Crippen LogP contribution in [0.3, 0.4) is 0 Å². The van der Waals surface area contributed by atoms with Crippen LogP contribution in [0.25, 0.3) is 0 Å². The molecule has 0 aliphatic carbocycles. The lowest BCUT2D eigenvalue weighted by molar-refractivity contribution is 0.0642. The van der Waals surface area contributed by atoms with Crippen LogP contribution in [0.15, 0.2) is 67.0 Å². The Morgan fingerprint density at radius 1 is 1.00 bits per heavy atom. The molecule has 1 atom stereocenters. The number of pyridine rings is 1. The maximum atomic E-state index is 12.8. The van der Waals surface area contributed by atoms with Crippen molar-refractivity contribution in [3.8, 4) is 11.5 Å². The number of para-hydroxylation sites is 2. The van der Waals surface area contributed by atoms with Crippen molar-refractivity contribution in [1.29, 1.82) is 0 Å². The number of benzene rings is 2. The maximum absolute atomic E-state index is 12.8. The second-order valence-electron chi connectivity index (χ2n) is 7.52. The van der Waals surface area contributed by atoms with Crippen LogP contribution >= 0.6 is 0 Å². The van der Waals surface area contributed by atoms with E-state index in [4.69, 9.17) is 9.47 Å². The molecule has 0 fully saturated rings. The number of fused-ring (bicyclic) bond motifs is 2. The largest absolute Gasteiger partial charge is 0.486 e. The van der Waals surface area contributed by atoms with Gasteiger partial charge in [-0.15, -0.1) is 0 Å². The molecule has 1 N–H and O–H groups in total. The summed E-state index contributed by atoms with van der Waals surface area (Å²) in [6, 6.07) is 15.4. The Kier molecular flexibility index (Phi) is 5.03. The Hall–Kier alpha value is -4.20. The van der Waals surface area contributed by atoms with E-state index in [1.54, 1.807) is 30.6 Å². The number of rotatable bonds is 5. The molecule has 0 saturated carbocycles. The Bertz CT molecular complexity index is 1210. The number of carbonyl (C=O) groups excluding carboxylic acids is 3. The molecular formula is C24H19N3O5. The second kappa shape index (κ2) is 8.14. The lowest BCUT2D eigenvalue weighted by Gasteiger charge is -2.26. The van der Waals surface area contributed by atoms with Crippen LogP contribution in [0, 0.1) is 0 Å². The van der Waals surface area contributed by atoms with Crippen LogP contribution in [-0.4, -0.2) is 46.9 Å². The molecule has 0 bridgehead atoms. The van der Waals surface area contributed by atoms with Crippen molar-refractivity contribution in [3.63, 3.8) is 0 Å². The molecule has 8 nitrogen and oxygen atoms in total. The fraction of sp³-hybridized carbons (Fsp3) is 0.167. The number of hydrogen-bond donors (Lipinski definition) is 1. The molecule has 160 valence electrons. The third-order valence-electron chi connectivity index (χ3n) is 5.38. The first-order valence-corrected chi connectivity index (χ1v) is 10.2. The number of aromatic nitrogens is 1. The first kappa shape index (κ1) is 19.7. The number of carbonyl (C=O) groups is 3. The van der Waals surface area contributed by atoms with Gasteiger partial charge in [0.05, 0.1) is 24.2 Å². The number of ether oxygens (including phenoxy) is 2. The van der Waals surface area contributed by atoms with Gasteiger partial charge >= 0.3 is 0 Å². The third kappa shape index (κ3) is 3.66. The highest BCUT2D eigenvalue weighted by Crippen LogP contribution is 2.30. The molecule has 8 heteroatoms. The Labute approximate surface area is 183 Å². The molecule has 2 aromatic carbocycles. The molecule has 0 saturated heterocycles. The average molecular weight is 429 g/mol. The van der Waals surface area contributed by atoms with E-state index in [1.807, 2.05) is 24.3 Å². The molecule has 1 unspecified atom stereocenters. The van der Waals surface area contributed by atoms with E-state index in [9.17, 15) is 14.4 Å². The molecule has 5 rings (SSSR count). The van der Waals surface area contributed by atoms with Gasteiger partial charge in [-0.25, -0.2) is 0 Å². The first-order chi connectivity index (χ1) is 15.6. The number of imide groups is 1. The zero-order valence-corrected chi connectivity index (χ0v) is 17.0. The fourth-order valence-corrected chi connectivity index (χ4v) is 3.72. The van der Waals surface area contributed by atoms with E-state index in [1.165, 1.54) is 17.0 Å². The molecule has 32 heavy (non-hydrogen) atoms. The van der Waals surface area contributed by atoms with Gasteiger partial charge in [-0.1, -0.05) is 12.1 Å². The van der Waals surface area contributed by atoms with Crippen molar-refractivity contribution in [1.82, 2.24) is 15.2 Å². The highest BCUT2D eigenvalue weighted by atomic mass is 16.6. The first-order valence-electron chi connectivity index (χ1n) is 10.2. The molecule has 0 spiro atoms. The van der Waals surface area contributed by atoms with E-state index >= 15 is 0 Å². The van der Waals surface area contributed by atoms with Crippen molar-refractivity contribution in [2.45, 2.75) is 12.6 Å². The smallest absolute Gasteiger partial charge is 0.261 e. The van der Waals surface area contributed by atoms with Gasteiger partial charge in [0.1, 0.15) is 12.7 Å². The normalized spacial score (nSPS) is 16.6. The molecule has 2 aliphatic rings. The van der Waals surface area contributed by atoms with Crippen molar-refractivity contribution >= 4 is 17.7 Å². The lowest BCUT2D eigenvalue weighted by atomic mass is 10.1. The summed E-state index contributed by atoms with van der Waals surface area (Å²) in [4.78, 5) is 43.3. The minimum atomic E-state index is -0.419. The van der Waals surface area contributed by atoms with E-state index in [0.29, 0.717) is 29.2 Å². The minimum Gasteiger partial charge on any atom is -0.486 e. The van der Waals surface area contributed by atoms with Crippen LogP contribution in [-0.2, 0) is 6.54 Å². The summed E-state index contributed by atoms with van der Waals surface area (Å²) in [5, 5.41) is 2.81. The molecule has 3 aromatic rings. The predicted octanol–water partition coefficient (Wildman–Crippen LogP) is 2.45. The number of nitrogens with zero attached hydrogens (tertiary/aromatic N) is 2. The number of amides is 3. The maximum Gasteiger partial charge on any atom is 0.261 e. The quantitative estimate of drug-likeness (QED) is 0.626. The monoisotopic (exact) mass is 429 g/mol. The molecule has 3 heterocycles. The van der Waals surface area contributed by atoms with Gasteiger partial charge in [0.25, 0.3) is 17.7 Å². The Balaban J connectivity index is 1.25. The Morgan fingerprint density at radius 3 is 2.56 bits per heavy atom. The van der Waals surface area contributed by atoms with Gasteiger partial charge in [-0.05, 0) is 48.0 Å². The highest BCUT2D eigenvalue weighted by Gasteiger charge is 2.36. The fourth-order valence-electron chi connectivity index (χ4n) is 3.72. The summed E-state index contributed by atoms with van der Waals surface area (Å²) < 4.78 is 11.5. The minimum absolute atomic E-state index is 0.150. The summed E-state index contributed by atoms with van der Waals surface area (Å²) in [6.45, 7) is 0.709. The van der Waals surface area contributed by atoms with E-state index in [-0.39, 0.29) is 36.6 Å². The van der Waals surface area contributed by atoms with Crippen LogP contribution < -0.4 is 14.8 Å². The summed E-state index contributed by atoms with van der Waals surface area (Å²) >= 11 is 0. The molecule has 3 amide bonds. The standard InChI is InChI=1S/C24H19N3O5/c28-22(26-12-17-14-31-20-3-1-2-4-21(20)32-17)16-5-6-18-19(11-16)24(30)27(23(18)29)13-15-7-9-25-10-8-15/h1-11,17H,12-14H2,(H,26,28). The summed E-state index contributed by atoms with van der Waals surface area (Å²) in [6.07, 6.45) is 2.88. The predicted molar refractivity (Wildman–Crippen MR) is 114 cm³/mol. The van der Waals surface area contributed by atoms with Crippen molar-refractivity contribution < 1.29 is 23.9 Å². The highest BCUT2D eigenvalue weighted by molar-refractivity contribution is 6.22. The molecule has 1 aromatic heterocycles. The van der Waals surface area contributed by atoms with Gasteiger partial charge in [0.15, 0.2) is 11.5 Å². The van der Waals surface area contributed by atoms with Crippen molar-refractivity contribution in [2.75, 3.05) is 13.2 Å². The molecular weight excluding hydrogens is 410 g/mol. The summed E-state index contributed by atoms with van der Waals surface area (Å²) in [5.74, 6) is 0.155. The zero-order valence-electron chi connectivity index (χ0n) is 17.0. The van der Waals surface area contributed by atoms with Crippen molar-refractivity contribution in [3.05, 3.63) is 89.2 Å². The van der Waals surface area contributed by atoms with Gasteiger partial charge < -0.3 is 14.8 Å². The van der Waals surface area contributed by atoms with Gasteiger partial charge in [-0.2, -0.15) is 0 Å². The van der Waals surface area contributed by atoms with Gasteiger partial charge in [-0.3, -0.25) is 24.3 Å². The summed E-state index contributed by atoms with van der Waals surface area (Å²) in [5.41, 5.74) is 1.61. The second-order valence-corrected chi connectivity index (χ2v) is 7.52. The van der Waals surface area contributed by atoms with Crippen molar-refractivity contribution in [2.24, 2.45) is 0 Å². The Morgan fingerprint density at radius 2 is 1.75 bits per heavy atom. The van der Waals surface area contributed by atoms with E-state index in [2.05, 4.69) is 10.3 Å². The van der Waals surface area contributed by atoms with Crippen LogP contribution in [0.4, 0.5) is 0 Å². The topological polar surface area (TPSA) is 97.8 Å². The summed E-state index contributed by atoms with van der Waals surface area (Å²) in [7, 11) is 0. The van der Waals surface area contributed by atoms with Gasteiger partial charge in [0, 0.05) is 18.0 Å². The molecule has 2 aliphatic heterocycles. The van der Waals surface area contributed by atoms with Gasteiger partial charge in [0.2, 0.25) is 0 Å².